The zero-order chi connectivity index (χ0) is 12.5. The van der Waals surface area contributed by atoms with E-state index in [9.17, 15) is 5.11 Å². The summed E-state index contributed by atoms with van der Waals surface area (Å²) < 4.78 is 1.74. The van der Waals surface area contributed by atoms with Crippen molar-refractivity contribution in [2.75, 3.05) is 0 Å². The number of nitrogens with zero attached hydrogens (tertiary/aromatic N) is 2. The summed E-state index contributed by atoms with van der Waals surface area (Å²) in [6.45, 7) is 2.09. The summed E-state index contributed by atoms with van der Waals surface area (Å²) in [4.78, 5) is 0. The van der Waals surface area contributed by atoms with Gasteiger partial charge in [0.1, 0.15) is 11.4 Å². The van der Waals surface area contributed by atoms with Gasteiger partial charge in [-0.05, 0) is 30.2 Å². The Kier molecular flexibility index (Phi) is 2.52. The first-order chi connectivity index (χ1) is 8.78. The van der Waals surface area contributed by atoms with E-state index in [4.69, 9.17) is 0 Å². The van der Waals surface area contributed by atoms with Crippen LogP contribution in [0.3, 0.4) is 0 Å². The molecule has 3 nitrogen and oxygen atoms in total. The van der Waals surface area contributed by atoms with Crippen molar-refractivity contribution in [3.8, 4) is 11.4 Å². The van der Waals surface area contributed by atoms with E-state index in [1.807, 2.05) is 42.6 Å². The number of phenols is 1. The Hall–Kier alpha value is -2.29. The molecule has 90 valence electrons. The molecule has 0 unspecified atom stereocenters. The number of phenolic OH excluding ortho intramolecular Hbond substituents is 1. The van der Waals surface area contributed by atoms with Crippen LogP contribution in [-0.4, -0.2) is 14.9 Å². The molecule has 1 N–H and O–H groups in total. The molecule has 3 aromatic rings. The normalized spacial score (nSPS) is 10.9. The maximum absolute atomic E-state index is 9.95. The van der Waals surface area contributed by atoms with E-state index in [1.165, 1.54) is 5.56 Å². The number of aromatic hydroxyl groups is 1. The first-order valence-electron chi connectivity index (χ1n) is 6.04. The SMILES string of the molecule is CCc1ccc(O)c(-n2cc3ccccc3n2)c1. The third-order valence-electron chi connectivity index (χ3n) is 3.11. The number of aryl methyl sites for hydroxylation is 1. The third kappa shape index (κ3) is 1.74. The second-order valence-electron chi connectivity index (χ2n) is 4.31. The van der Waals surface area contributed by atoms with Crippen LogP contribution in [0.4, 0.5) is 0 Å². The van der Waals surface area contributed by atoms with Gasteiger partial charge in [-0.15, -0.1) is 0 Å². The maximum atomic E-state index is 9.95. The quantitative estimate of drug-likeness (QED) is 0.744. The lowest BCUT2D eigenvalue weighted by Gasteiger charge is -2.06. The van der Waals surface area contributed by atoms with Gasteiger partial charge in [0, 0.05) is 11.6 Å². The highest BCUT2D eigenvalue weighted by molar-refractivity contribution is 5.78. The fourth-order valence-electron chi connectivity index (χ4n) is 2.06. The molecule has 0 saturated carbocycles. The van der Waals surface area contributed by atoms with E-state index in [2.05, 4.69) is 12.0 Å². The zero-order valence-corrected chi connectivity index (χ0v) is 10.2. The van der Waals surface area contributed by atoms with Gasteiger partial charge in [0.25, 0.3) is 0 Å². The van der Waals surface area contributed by atoms with Crippen LogP contribution in [0.2, 0.25) is 0 Å². The van der Waals surface area contributed by atoms with Gasteiger partial charge < -0.3 is 5.11 Å². The van der Waals surface area contributed by atoms with Crippen molar-refractivity contribution in [1.82, 2.24) is 9.78 Å². The summed E-state index contributed by atoms with van der Waals surface area (Å²) in [5.41, 5.74) is 2.84. The molecular formula is C15H14N2O. The van der Waals surface area contributed by atoms with Crippen molar-refractivity contribution in [3.63, 3.8) is 0 Å². The topological polar surface area (TPSA) is 38.0 Å². The summed E-state index contributed by atoms with van der Waals surface area (Å²) in [6, 6.07) is 13.6. The number of rotatable bonds is 2. The molecule has 0 aliphatic heterocycles. The number of fused-ring (bicyclic) bond motifs is 1. The Bertz CT molecular complexity index is 668. The first-order valence-corrected chi connectivity index (χ1v) is 6.04. The lowest BCUT2D eigenvalue weighted by Crippen LogP contribution is -1.96. The third-order valence-corrected chi connectivity index (χ3v) is 3.11. The number of aromatic nitrogens is 2. The van der Waals surface area contributed by atoms with Crippen molar-refractivity contribution < 1.29 is 5.11 Å². The van der Waals surface area contributed by atoms with E-state index in [0.717, 1.165) is 23.0 Å². The lowest BCUT2D eigenvalue weighted by atomic mass is 10.1. The molecule has 0 aliphatic rings. The van der Waals surface area contributed by atoms with E-state index in [1.54, 1.807) is 10.7 Å². The predicted molar refractivity (Wildman–Crippen MR) is 72.1 cm³/mol. The maximum Gasteiger partial charge on any atom is 0.141 e. The average Bonchev–Trinajstić information content (AvgIpc) is 2.82. The molecule has 0 radical (unpaired) electrons. The summed E-state index contributed by atoms with van der Waals surface area (Å²) in [6.07, 6.45) is 2.87. The van der Waals surface area contributed by atoms with Crippen LogP contribution in [0.15, 0.2) is 48.7 Å². The van der Waals surface area contributed by atoms with Gasteiger partial charge in [-0.25, -0.2) is 4.68 Å². The molecule has 0 fully saturated rings. The van der Waals surface area contributed by atoms with Crippen molar-refractivity contribution >= 4 is 10.9 Å². The highest BCUT2D eigenvalue weighted by atomic mass is 16.3. The van der Waals surface area contributed by atoms with Gasteiger partial charge in [-0.1, -0.05) is 31.2 Å². The Morgan fingerprint density at radius 1 is 1.17 bits per heavy atom. The van der Waals surface area contributed by atoms with Crippen molar-refractivity contribution in [3.05, 3.63) is 54.2 Å². The zero-order valence-electron chi connectivity index (χ0n) is 10.2. The molecule has 0 atom stereocenters. The minimum absolute atomic E-state index is 0.250. The predicted octanol–water partition coefficient (Wildman–Crippen LogP) is 3.29. The smallest absolute Gasteiger partial charge is 0.141 e. The number of hydrogen-bond acceptors (Lipinski definition) is 2. The van der Waals surface area contributed by atoms with Gasteiger partial charge in [0.2, 0.25) is 0 Å². The number of hydrogen-bond donors (Lipinski definition) is 1. The van der Waals surface area contributed by atoms with Crippen LogP contribution in [0, 0.1) is 0 Å². The molecule has 0 amide bonds. The van der Waals surface area contributed by atoms with Gasteiger partial charge in [-0.2, -0.15) is 5.10 Å². The fourth-order valence-corrected chi connectivity index (χ4v) is 2.06. The molecule has 1 aromatic heterocycles. The highest BCUT2D eigenvalue weighted by Gasteiger charge is 2.07. The van der Waals surface area contributed by atoms with Crippen LogP contribution < -0.4 is 0 Å². The Labute approximate surface area is 105 Å². The molecule has 0 aliphatic carbocycles. The van der Waals surface area contributed by atoms with Crippen LogP contribution in [-0.2, 0) is 6.42 Å². The summed E-state index contributed by atoms with van der Waals surface area (Å²) >= 11 is 0. The van der Waals surface area contributed by atoms with Gasteiger partial charge >= 0.3 is 0 Å². The Morgan fingerprint density at radius 2 is 2.00 bits per heavy atom. The standard InChI is InChI=1S/C15H14N2O/c1-2-11-7-8-15(18)14(9-11)17-10-12-5-3-4-6-13(12)16-17/h3-10,18H,2H2,1H3. The minimum atomic E-state index is 0.250. The molecule has 1 heterocycles. The molecule has 3 rings (SSSR count). The van der Waals surface area contributed by atoms with Crippen LogP contribution in [0.1, 0.15) is 12.5 Å². The van der Waals surface area contributed by atoms with Crippen LogP contribution in [0.25, 0.3) is 16.6 Å². The summed E-state index contributed by atoms with van der Waals surface area (Å²) in [7, 11) is 0. The summed E-state index contributed by atoms with van der Waals surface area (Å²) in [5, 5.41) is 15.5. The fraction of sp³-hybridized carbons (Fsp3) is 0.133. The minimum Gasteiger partial charge on any atom is -0.506 e. The van der Waals surface area contributed by atoms with Crippen molar-refractivity contribution in [2.24, 2.45) is 0 Å². The second-order valence-corrected chi connectivity index (χ2v) is 4.31. The van der Waals surface area contributed by atoms with Gasteiger partial charge in [0.15, 0.2) is 0 Å². The van der Waals surface area contributed by atoms with Crippen molar-refractivity contribution in [1.29, 1.82) is 0 Å². The lowest BCUT2D eigenvalue weighted by molar-refractivity contribution is 0.470. The van der Waals surface area contributed by atoms with Crippen LogP contribution in [0.5, 0.6) is 5.75 Å². The van der Waals surface area contributed by atoms with Crippen molar-refractivity contribution in [2.45, 2.75) is 13.3 Å². The molecule has 2 aromatic carbocycles. The summed E-state index contributed by atoms with van der Waals surface area (Å²) in [5.74, 6) is 0.250. The van der Waals surface area contributed by atoms with Gasteiger partial charge in [0.05, 0.1) is 5.52 Å². The largest absolute Gasteiger partial charge is 0.506 e. The Balaban J connectivity index is 2.19. The molecular weight excluding hydrogens is 224 g/mol. The number of benzene rings is 2. The van der Waals surface area contributed by atoms with E-state index < -0.39 is 0 Å². The molecule has 0 saturated heterocycles. The van der Waals surface area contributed by atoms with E-state index >= 15 is 0 Å². The van der Waals surface area contributed by atoms with E-state index in [0.29, 0.717) is 0 Å². The average molecular weight is 238 g/mol. The monoisotopic (exact) mass is 238 g/mol. The Morgan fingerprint density at radius 3 is 2.78 bits per heavy atom. The van der Waals surface area contributed by atoms with Crippen LogP contribution >= 0.6 is 0 Å². The second kappa shape index (κ2) is 4.18. The molecule has 18 heavy (non-hydrogen) atoms. The van der Waals surface area contributed by atoms with Gasteiger partial charge in [-0.3, -0.25) is 0 Å². The molecule has 0 spiro atoms. The first kappa shape index (κ1) is 10.8. The molecule has 3 heteroatoms. The molecule has 0 bridgehead atoms. The van der Waals surface area contributed by atoms with E-state index in [-0.39, 0.29) is 5.75 Å². The highest BCUT2D eigenvalue weighted by Crippen LogP contribution is 2.24.